The Bertz CT molecular complexity index is 490. The number of hydrogen-bond donors (Lipinski definition) is 1. The predicted molar refractivity (Wildman–Crippen MR) is 75.7 cm³/mol. The molecule has 2 N–H and O–H groups in total. The van der Waals surface area contributed by atoms with Crippen molar-refractivity contribution < 1.29 is 0 Å². The van der Waals surface area contributed by atoms with E-state index in [-0.39, 0.29) is 6.04 Å². The van der Waals surface area contributed by atoms with Gasteiger partial charge in [0.1, 0.15) is 10.0 Å². The lowest BCUT2D eigenvalue weighted by Crippen LogP contribution is -2.07. The molecule has 0 aliphatic carbocycles. The number of aryl methyl sites for hydroxylation is 3. The molecule has 0 saturated carbocycles. The molecule has 1 heterocycles. The smallest absolute Gasteiger partial charge is 0.134 e. The highest BCUT2D eigenvalue weighted by Crippen LogP contribution is 2.19. The van der Waals surface area contributed by atoms with Crippen LogP contribution in [0.1, 0.15) is 40.5 Å². The Morgan fingerprint density at radius 3 is 2.56 bits per heavy atom. The summed E-state index contributed by atoms with van der Waals surface area (Å²) in [6, 6.07) is 8.68. The number of hydrogen-bond acceptors (Lipinski definition) is 4. The minimum Gasteiger partial charge on any atom is -0.322 e. The monoisotopic (exact) mass is 261 g/mol. The van der Waals surface area contributed by atoms with Crippen LogP contribution >= 0.6 is 11.3 Å². The summed E-state index contributed by atoms with van der Waals surface area (Å²) in [4.78, 5) is 0. The molecule has 4 heteroatoms. The van der Waals surface area contributed by atoms with Crippen molar-refractivity contribution in [3.63, 3.8) is 0 Å². The first-order valence-electron chi connectivity index (χ1n) is 6.32. The molecule has 0 aliphatic rings. The summed E-state index contributed by atoms with van der Waals surface area (Å²) in [5.74, 6) is 0. The predicted octanol–water partition coefficient (Wildman–Crippen LogP) is 3.04. The lowest BCUT2D eigenvalue weighted by molar-refractivity contribution is 0.681. The first kappa shape index (κ1) is 13.2. The Balaban J connectivity index is 1.94. The van der Waals surface area contributed by atoms with E-state index in [1.807, 2.05) is 0 Å². The number of rotatable bonds is 5. The molecule has 0 radical (unpaired) electrons. The van der Waals surface area contributed by atoms with Crippen molar-refractivity contribution in [2.24, 2.45) is 5.73 Å². The van der Waals surface area contributed by atoms with Gasteiger partial charge in [0.25, 0.3) is 0 Å². The van der Waals surface area contributed by atoms with Crippen LogP contribution in [0, 0.1) is 6.92 Å². The lowest BCUT2D eigenvalue weighted by atomic mass is 10.1. The van der Waals surface area contributed by atoms with Crippen LogP contribution < -0.4 is 5.73 Å². The van der Waals surface area contributed by atoms with E-state index >= 15 is 0 Å². The van der Waals surface area contributed by atoms with E-state index in [0.29, 0.717) is 0 Å². The quantitative estimate of drug-likeness (QED) is 0.900. The molecule has 1 aromatic heterocycles. The summed E-state index contributed by atoms with van der Waals surface area (Å²) in [7, 11) is 0. The highest BCUT2D eigenvalue weighted by atomic mass is 32.1. The van der Waals surface area contributed by atoms with Crippen LogP contribution in [-0.2, 0) is 12.8 Å². The van der Waals surface area contributed by atoms with Crippen molar-refractivity contribution >= 4 is 11.3 Å². The zero-order valence-corrected chi connectivity index (χ0v) is 11.7. The summed E-state index contributed by atoms with van der Waals surface area (Å²) in [6.45, 7) is 4.17. The maximum atomic E-state index is 5.94. The van der Waals surface area contributed by atoms with Crippen LogP contribution in [0.5, 0.6) is 0 Å². The van der Waals surface area contributed by atoms with Gasteiger partial charge >= 0.3 is 0 Å². The number of benzene rings is 1. The summed E-state index contributed by atoms with van der Waals surface area (Å²) in [6.07, 6.45) is 2.86. The molecule has 0 amide bonds. The van der Waals surface area contributed by atoms with E-state index in [9.17, 15) is 0 Å². The normalized spacial score (nSPS) is 12.6. The molecule has 18 heavy (non-hydrogen) atoms. The van der Waals surface area contributed by atoms with Gasteiger partial charge in [-0.3, -0.25) is 0 Å². The summed E-state index contributed by atoms with van der Waals surface area (Å²) in [5.41, 5.74) is 8.58. The van der Waals surface area contributed by atoms with Crippen LogP contribution in [0.3, 0.4) is 0 Å². The highest BCUT2D eigenvalue weighted by Gasteiger charge is 2.10. The minimum absolute atomic E-state index is 0.0376. The number of nitrogens with two attached hydrogens (primary N) is 1. The highest BCUT2D eigenvalue weighted by molar-refractivity contribution is 7.11. The van der Waals surface area contributed by atoms with E-state index in [4.69, 9.17) is 5.73 Å². The lowest BCUT2D eigenvalue weighted by Gasteiger charge is -2.01. The van der Waals surface area contributed by atoms with Crippen molar-refractivity contribution in [2.45, 2.75) is 39.2 Å². The maximum absolute atomic E-state index is 5.94. The first-order chi connectivity index (χ1) is 8.69. The molecule has 0 saturated heterocycles. The van der Waals surface area contributed by atoms with E-state index in [1.54, 1.807) is 11.3 Å². The van der Waals surface area contributed by atoms with Gasteiger partial charge in [-0.15, -0.1) is 10.2 Å². The topological polar surface area (TPSA) is 51.8 Å². The summed E-state index contributed by atoms with van der Waals surface area (Å²) >= 11 is 1.64. The van der Waals surface area contributed by atoms with Gasteiger partial charge < -0.3 is 5.73 Å². The van der Waals surface area contributed by atoms with Crippen molar-refractivity contribution in [1.29, 1.82) is 0 Å². The van der Waals surface area contributed by atoms with E-state index in [0.717, 1.165) is 29.3 Å². The van der Waals surface area contributed by atoms with E-state index in [1.165, 1.54) is 11.1 Å². The minimum atomic E-state index is 0.0376. The zero-order valence-electron chi connectivity index (χ0n) is 10.9. The standard InChI is InChI=1S/C14H19N3S/c1-3-12(15)14-17-16-13(18-14)9-8-11-6-4-10(2)5-7-11/h4-7,12H,3,8-9,15H2,1-2H3. The van der Waals surface area contributed by atoms with Gasteiger partial charge in [0.2, 0.25) is 0 Å². The molecule has 0 fully saturated rings. The molecule has 1 atom stereocenters. The second-order valence-electron chi connectivity index (χ2n) is 4.53. The molecular formula is C14H19N3S. The molecule has 3 nitrogen and oxygen atoms in total. The molecular weight excluding hydrogens is 242 g/mol. The summed E-state index contributed by atoms with van der Waals surface area (Å²) < 4.78 is 0. The second kappa shape index (κ2) is 6.07. The van der Waals surface area contributed by atoms with Gasteiger partial charge in [-0.2, -0.15) is 0 Å². The van der Waals surface area contributed by atoms with Gasteiger partial charge in [-0.05, 0) is 25.3 Å². The van der Waals surface area contributed by atoms with Gasteiger partial charge in [0, 0.05) is 6.42 Å². The Kier molecular flexibility index (Phi) is 4.44. The average molecular weight is 261 g/mol. The van der Waals surface area contributed by atoms with Gasteiger partial charge in [-0.1, -0.05) is 48.1 Å². The Morgan fingerprint density at radius 2 is 1.89 bits per heavy atom. The molecule has 2 aromatic rings. The Hall–Kier alpha value is -1.26. The molecule has 0 spiro atoms. The number of aromatic nitrogens is 2. The van der Waals surface area contributed by atoms with Crippen LogP contribution in [0.25, 0.3) is 0 Å². The Labute approximate surface area is 112 Å². The zero-order chi connectivity index (χ0) is 13.0. The van der Waals surface area contributed by atoms with Crippen molar-refractivity contribution in [3.05, 3.63) is 45.4 Å². The molecule has 1 aromatic carbocycles. The summed E-state index contributed by atoms with van der Waals surface area (Å²) in [5, 5.41) is 10.4. The average Bonchev–Trinajstić information content (AvgIpc) is 2.86. The SMILES string of the molecule is CCC(N)c1nnc(CCc2ccc(C)cc2)s1. The first-order valence-corrected chi connectivity index (χ1v) is 7.14. The fraction of sp³-hybridized carbons (Fsp3) is 0.429. The van der Waals surface area contributed by atoms with Gasteiger partial charge in [0.15, 0.2) is 0 Å². The maximum Gasteiger partial charge on any atom is 0.134 e. The van der Waals surface area contributed by atoms with Crippen molar-refractivity contribution in [2.75, 3.05) is 0 Å². The molecule has 1 unspecified atom stereocenters. The van der Waals surface area contributed by atoms with Crippen LogP contribution in [0.4, 0.5) is 0 Å². The largest absolute Gasteiger partial charge is 0.322 e. The molecule has 96 valence electrons. The molecule has 0 aliphatic heterocycles. The molecule has 0 bridgehead atoms. The third kappa shape index (κ3) is 3.37. The van der Waals surface area contributed by atoms with Crippen LogP contribution in [0.2, 0.25) is 0 Å². The van der Waals surface area contributed by atoms with E-state index < -0.39 is 0 Å². The van der Waals surface area contributed by atoms with Crippen molar-refractivity contribution in [3.8, 4) is 0 Å². The number of nitrogens with zero attached hydrogens (tertiary/aromatic N) is 2. The van der Waals surface area contributed by atoms with Gasteiger partial charge in [0.05, 0.1) is 6.04 Å². The fourth-order valence-electron chi connectivity index (χ4n) is 1.70. The van der Waals surface area contributed by atoms with Crippen molar-refractivity contribution in [1.82, 2.24) is 10.2 Å². The van der Waals surface area contributed by atoms with Crippen LogP contribution in [0.15, 0.2) is 24.3 Å². The third-order valence-electron chi connectivity index (χ3n) is 2.99. The van der Waals surface area contributed by atoms with Gasteiger partial charge in [-0.25, -0.2) is 0 Å². The second-order valence-corrected chi connectivity index (χ2v) is 5.63. The third-order valence-corrected chi connectivity index (χ3v) is 4.10. The molecule has 2 rings (SSSR count). The Morgan fingerprint density at radius 1 is 1.17 bits per heavy atom. The van der Waals surface area contributed by atoms with Crippen LogP contribution in [-0.4, -0.2) is 10.2 Å². The van der Waals surface area contributed by atoms with E-state index in [2.05, 4.69) is 48.3 Å². The fourth-order valence-corrected chi connectivity index (χ4v) is 2.62.